The number of hydrogen-bond acceptors (Lipinski definition) is 10. The molecule has 14 N–H and O–H groups in total. The average molecular weight is 396 g/mol. The van der Waals surface area contributed by atoms with Crippen molar-refractivity contribution >= 4 is 61.9 Å². The van der Waals surface area contributed by atoms with Crippen LogP contribution in [0.2, 0.25) is 0 Å². The van der Waals surface area contributed by atoms with Crippen LogP contribution in [0.1, 0.15) is 5.56 Å². The first kappa shape index (κ1) is 18.1. The number of nitrogens with two attached hydrogens (primary N) is 7. The second kappa shape index (κ2) is 5.86. The van der Waals surface area contributed by atoms with Crippen molar-refractivity contribution in [1.29, 1.82) is 0 Å². The van der Waals surface area contributed by atoms with E-state index in [1.807, 2.05) is 0 Å². The molecule has 2 heterocycles. The Hall–Kier alpha value is -4.28. The molecule has 11 heteroatoms. The highest BCUT2D eigenvalue weighted by molar-refractivity contribution is 6.14. The number of rotatable bonds is 2. The highest BCUT2D eigenvalue weighted by atomic mass is 16.5. The fourth-order valence-corrected chi connectivity index (χ4v) is 3.54. The minimum absolute atomic E-state index is 0.00181. The third-order valence-electron chi connectivity index (χ3n) is 5.07. The Morgan fingerprint density at radius 1 is 0.931 bits per heavy atom. The van der Waals surface area contributed by atoms with Gasteiger partial charge in [-0.2, -0.15) is 0 Å². The Kier molecular flexibility index (Phi) is 3.66. The summed E-state index contributed by atoms with van der Waals surface area (Å²) in [5.41, 5.74) is 42.2. The molecule has 150 valence electrons. The number of hydrogen-bond donors (Lipinski definition) is 7. The van der Waals surface area contributed by atoms with Crippen LogP contribution in [-0.4, -0.2) is 11.9 Å². The molecule has 1 aromatic heterocycles. The number of anilines is 6. The van der Waals surface area contributed by atoms with Gasteiger partial charge in [-0.25, -0.2) is 4.99 Å². The zero-order valence-corrected chi connectivity index (χ0v) is 15.3. The lowest BCUT2D eigenvalue weighted by atomic mass is 10.00. The van der Waals surface area contributed by atoms with Gasteiger partial charge in [-0.1, -0.05) is 6.58 Å². The van der Waals surface area contributed by atoms with Gasteiger partial charge in [-0.3, -0.25) is 4.79 Å². The average Bonchev–Trinajstić information content (AvgIpc) is 3.14. The number of aliphatic imine (C=N–C) groups is 1. The molecule has 0 radical (unpaired) electrons. The van der Waals surface area contributed by atoms with Crippen molar-refractivity contribution in [3.63, 3.8) is 0 Å². The molecule has 2 aromatic carbocycles. The Morgan fingerprint density at radius 3 is 2.17 bits per heavy atom. The van der Waals surface area contributed by atoms with Gasteiger partial charge in [-0.15, -0.1) is 0 Å². The van der Waals surface area contributed by atoms with Crippen molar-refractivity contribution in [2.45, 2.75) is 12.5 Å². The summed E-state index contributed by atoms with van der Waals surface area (Å²) in [6.07, 6.45) is 0.908. The van der Waals surface area contributed by atoms with Gasteiger partial charge in [0.15, 0.2) is 17.4 Å². The highest BCUT2D eigenvalue weighted by Gasteiger charge is 2.34. The molecule has 0 aliphatic carbocycles. The summed E-state index contributed by atoms with van der Waals surface area (Å²) in [6.45, 7) is 3.51. The van der Waals surface area contributed by atoms with Crippen LogP contribution in [-0.2, 0) is 6.42 Å². The van der Waals surface area contributed by atoms with Crippen LogP contribution in [0.5, 0.6) is 5.75 Å². The van der Waals surface area contributed by atoms with Gasteiger partial charge in [0.25, 0.3) is 0 Å². The molecule has 11 nitrogen and oxygen atoms in total. The van der Waals surface area contributed by atoms with Gasteiger partial charge >= 0.3 is 0 Å². The molecule has 1 aliphatic rings. The van der Waals surface area contributed by atoms with E-state index in [-0.39, 0.29) is 74.1 Å². The van der Waals surface area contributed by atoms with Crippen molar-refractivity contribution in [3.8, 4) is 5.75 Å². The predicted molar refractivity (Wildman–Crippen MR) is 116 cm³/mol. The molecule has 1 unspecified atom stereocenters. The molecule has 0 saturated carbocycles. The minimum atomic E-state index is -0.629. The second-order valence-electron chi connectivity index (χ2n) is 6.68. The van der Waals surface area contributed by atoms with Crippen molar-refractivity contribution in [3.05, 3.63) is 28.6 Å². The van der Waals surface area contributed by atoms with Gasteiger partial charge in [-0.05, 0) is 0 Å². The van der Waals surface area contributed by atoms with Crippen LogP contribution in [0.15, 0.2) is 27.0 Å². The molecule has 3 aromatic rings. The number of benzene rings is 2. The van der Waals surface area contributed by atoms with E-state index < -0.39 is 11.5 Å². The minimum Gasteiger partial charge on any atom is -0.479 e. The number of nitrogens with zero attached hydrogens (tertiary/aromatic N) is 1. The zero-order valence-electron chi connectivity index (χ0n) is 15.3. The lowest BCUT2D eigenvalue weighted by Crippen LogP contribution is -2.32. The maximum atomic E-state index is 13.3. The number of ether oxygens (including phenoxy) is 1. The topological polar surface area (TPSA) is 234 Å². The summed E-state index contributed by atoms with van der Waals surface area (Å²) in [5, 5.41) is 0.0310. The van der Waals surface area contributed by atoms with E-state index in [2.05, 4.69) is 11.6 Å². The quantitative estimate of drug-likeness (QED) is 0.102. The summed E-state index contributed by atoms with van der Waals surface area (Å²) in [5.74, 6) is 0.450. The van der Waals surface area contributed by atoms with E-state index in [9.17, 15) is 4.79 Å². The summed E-state index contributed by atoms with van der Waals surface area (Å²) in [4.78, 5) is 17.2. The molecular weight excluding hydrogens is 376 g/mol. The van der Waals surface area contributed by atoms with Crippen molar-refractivity contribution in [2.24, 2.45) is 10.7 Å². The van der Waals surface area contributed by atoms with E-state index in [4.69, 9.17) is 49.3 Å². The summed E-state index contributed by atoms with van der Waals surface area (Å²) in [7, 11) is 0. The first-order valence-corrected chi connectivity index (χ1v) is 8.51. The molecule has 0 fully saturated rings. The zero-order chi connectivity index (χ0) is 21.2. The number of nitrogen functional groups attached to an aromatic ring is 6. The molecule has 1 atom stereocenters. The molecule has 0 spiro atoms. The van der Waals surface area contributed by atoms with Crippen molar-refractivity contribution in [1.82, 2.24) is 0 Å². The smallest absolute Gasteiger partial charge is 0.204 e. The Morgan fingerprint density at radius 2 is 1.52 bits per heavy atom. The second-order valence-corrected chi connectivity index (χ2v) is 6.68. The van der Waals surface area contributed by atoms with Crippen molar-refractivity contribution < 1.29 is 9.15 Å². The molecule has 29 heavy (non-hydrogen) atoms. The molecule has 0 bridgehead atoms. The monoisotopic (exact) mass is 396 g/mol. The van der Waals surface area contributed by atoms with Gasteiger partial charge in [0, 0.05) is 18.2 Å². The third-order valence-corrected chi connectivity index (χ3v) is 5.07. The Labute approximate surface area is 163 Å². The van der Waals surface area contributed by atoms with Crippen LogP contribution in [0.25, 0.3) is 21.9 Å². The standard InChI is InChI=1S/C18H20N8O3/c1-2-26-18(25)5-3-4-15-6(9(20)12(23)16(4)28-5)14(27)7-8(19)10(21)11(22)13(24)17(7)29-15/h2,5H,1,3,19-24H2,(H2,25,26). The number of fused-ring (bicyclic) bond motifs is 4. The Bertz CT molecular complexity index is 1330. The fourth-order valence-electron chi connectivity index (χ4n) is 3.54. The normalized spacial score (nSPS) is 16.1. The van der Waals surface area contributed by atoms with Gasteiger partial charge in [0.05, 0.1) is 39.2 Å². The molecule has 1 aliphatic heterocycles. The SMILES string of the molecule is C=CN=C(N)C1Cc2c(c(N)c(N)c3c(=O)c4c(N)c(N)c(N)c(N)c4oc23)O1. The molecular formula is C18H20N8O3. The third kappa shape index (κ3) is 2.24. The molecule has 0 amide bonds. The lowest BCUT2D eigenvalue weighted by molar-refractivity contribution is 0.301. The largest absolute Gasteiger partial charge is 0.479 e. The van der Waals surface area contributed by atoms with Gasteiger partial charge in [0.2, 0.25) is 5.43 Å². The first-order chi connectivity index (χ1) is 13.7. The summed E-state index contributed by atoms with van der Waals surface area (Å²) < 4.78 is 11.8. The maximum Gasteiger partial charge on any atom is 0.204 e. The van der Waals surface area contributed by atoms with E-state index in [0.717, 1.165) is 0 Å². The summed E-state index contributed by atoms with van der Waals surface area (Å²) in [6, 6.07) is 0. The van der Waals surface area contributed by atoms with Crippen LogP contribution in [0.3, 0.4) is 0 Å². The predicted octanol–water partition coefficient (Wildman–Crippen LogP) is 0.244. The number of amidine groups is 1. The van der Waals surface area contributed by atoms with Crippen LogP contribution >= 0.6 is 0 Å². The first-order valence-electron chi connectivity index (χ1n) is 8.51. The lowest BCUT2D eigenvalue weighted by Gasteiger charge is -2.15. The van der Waals surface area contributed by atoms with Gasteiger partial charge < -0.3 is 49.3 Å². The summed E-state index contributed by atoms with van der Waals surface area (Å²) >= 11 is 0. The van der Waals surface area contributed by atoms with Gasteiger partial charge in [0.1, 0.15) is 17.1 Å². The Balaban J connectivity index is 2.15. The van der Waals surface area contributed by atoms with E-state index in [1.54, 1.807) is 0 Å². The van der Waals surface area contributed by atoms with Crippen LogP contribution in [0, 0.1) is 0 Å². The molecule has 4 rings (SSSR count). The van der Waals surface area contributed by atoms with Crippen LogP contribution < -0.4 is 50.3 Å². The van der Waals surface area contributed by atoms with E-state index >= 15 is 0 Å². The maximum absolute atomic E-state index is 13.3. The van der Waals surface area contributed by atoms with E-state index in [0.29, 0.717) is 5.56 Å². The van der Waals surface area contributed by atoms with E-state index in [1.165, 1.54) is 6.20 Å². The highest BCUT2D eigenvalue weighted by Crippen LogP contribution is 2.46. The fraction of sp³-hybridized carbons (Fsp3) is 0.111. The van der Waals surface area contributed by atoms with Crippen molar-refractivity contribution in [2.75, 3.05) is 34.4 Å². The van der Waals surface area contributed by atoms with Crippen LogP contribution in [0.4, 0.5) is 34.1 Å². The molecule has 0 saturated heterocycles.